The molecular weight excluding hydrogens is 436 g/mol. The van der Waals surface area contributed by atoms with Crippen LogP contribution >= 0.6 is 15.9 Å². The molecule has 1 amide bonds. The number of carbonyl (C=O) groups excluding carboxylic acids is 1. The summed E-state index contributed by atoms with van der Waals surface area (Å²) < 4.78 is 7.89. The smallest absolute Gasteiger partial charge is 0.233 e. The Kier molecular flexibility index (Phi) is 5.19. The van der Waals surface area contributed by atoms with Crippen LogP contribution in [0.25, 0.3) is 0 Å². The van der Waals surface area contributed by atoms with Crippen LogP contribution in [0.15, 0.2) is 28.9 Å². The molecule has 2 aliphatic rings. The van der Waals surface area contributed by atoms with E-state index in [0.29, 0.717) is 42.5 Å². The molecule has 1 aromatic carbocycles. The second kappa shape index (κ2) is 7.40. The zero-order valence-corrected chi connectivity index (χ0v) is 18.6. The second-order valence-corrected chi connectivity index (χ2v) is 9.28. The summed E-state index contributed by atoms with van der Waals surface area (Å²) in [6.45, 7) is 4.69. The lowest BCUT2D eigenvalue weighted by atomic mass is 9.67. The van der Waals surface area contributed by atoms with E-state index in [1.165, 1.54) is 0 Å². The fraction of sp³-hybridized carbons (Fsp3) is 0.571. The summed E-state index contributed by atoms with van der Waals surface area (Å²) >= 11 is 3.40. The first-order valence-electron chi connectivity index (χ1n) is 10.1. The van der Waals surface area contributed by atoms with E-state index in [0.717, 1.165) is 17.9 Å². The highest BCUT2D eigenvalue weighted by Gasteiger charge is 2.53. The van der Waals surface area contributed by atoms with Gasteiger partial charge in [-0.3, -0.25) is 4.79 Å². The third-order valence-electron chi connectivity index (χ3n) is 6.29. The fourth-order valence-electron chi connectivity index (χ4n) is 4.71. The number of amides is 1. The molecule has 1 saturated heterocycles. The molecule has 7 nitrogen and oxygen atoms in total. The maximum Gasteiger partial charge on any atom is 0.233 e. The van der Waals surface area contributed by atoms with Gasteiger partial charge in [0.1, 0.15) is 17.0 Å². The molecule has 8 heteroatoms. The number of anilines is 1. The number of nitrogens with zero attached hydrogens (tertiary/aromatic N) is 4. The highest BCUT2D eigenvalue weighted by atomic mass is 79.9. The molecule has 2 fully saturated rings. The van der Waals surface area contributed by atoms with Crippen molar-refractivity contribution in [1.82, 2.24) is 15.0 Å². The molecule has 1 saturated carbocycles. The molecule has 4 rings (SSSR count). The van der Waals surface area contributed by atoms with Crippen LogP contribution in [0.3, 0.4) is 0 Å². The second-order valence-electron chi connectivity index (χ2n) is 8.53. The third kappa shape index (κ3) is 3.57. The number of aromatic nitrogens is 3. The summed E-state index contributed by atoms with van der Waals surface area (Å²) in [5.41, 5.74) is 0.196. The van der Waals surface area contributed by atoms with Crippen molar-refractivity contribution in [2.75, 3.05) is 11.4 Å². The summed E-state index contributed by atoms with van der Waals surface area (Å²) in [5, 5.41) is 19.2. The summed E-state index contributed by atoms with van der Waals surface area (Å²) in [6.07, 6.45) is 3.29. The highest BCUT2D eigenvalue weighted by molar-refractivity contribution is 9.10. The third-order valence-corrected chi connectivity index (χ3v) is 6.83. The zero-order chi connectivity index (χ0) is 20.8. The average Bonchev–Trinajstić information content (AvgIpc) is 3.19. The molecule has 156 valence electrons. The monoisotopic (exact) mass is 462 g/mol. The standard InChI is InChI=1S/C21H27BrN4O3/c1-14(2)29-16-6-4-15(5-7-16)26-13-12-20(19(26)27)8-10-21(28,11-9-20)17-18(22)23-24-25(17)3/h4-7,14,28H,8-13H2,1-3H3. The van der Waals surface area contributed by atoms with Crippen LogP contribution in [0, 0.1) is 5.41 Å². The molecule has 1 aliphatic heterocycles. The topological polar surface area (TPSA) is 80.5 Å². The van der Waals surface area contributed by atoms with E-state index in [1.54, 1.807) is 11.7 Å². The number of ether oxygens (including phenoxy) is 1. The van der Waals surface area contributed by atoms with Gasteiger partial charge in [-0.05, 0) is 86.1 Å². The lowest BCUT2D eigenvalue weighted by molar-refractivity contribution is -0.131. The summed E-state index contributed by atoms with van der Waals surface area (Å²) in [4.78, 5) is 15.2. The number of aryl methyl sites for hydroxylation is 1. The maximum absolute atomic E-state index is 13.4. The minimum Gasteiger partial charge on any atom is -0.491 e. The highest BCUT2D eigenvalue weighted by Crippen LogP contribution is 2.51. The Bertz CT molecular complexity index is 882. The van der Waals surface area contributed by atoms with E-state index in [9.17, 15) is 9.90 Å². The Morgan fingerprint density at radius 3 is 2.34 bits per heavy atom. The summed E-state index contributed by atoms with van der Waals surface area (Å²) in [6, 6.07) is 7.73. The first-order valence-corrected chi connectivity index (χ1v) is 10.9. The van der Waals surface area contributed by atoms with Crippen molar-refractivity contribution >= 4 is 27.5 Å². The van der Waals surface area contributed by atoms with Crippen molar-refractivity contribution in [3.8, 4) is 5.75 Å². The number of carbonyl (C=O) groups is 1. The maximum atomic E-state index is 13.4. The van der Waals surface area contributed by atoms with E-state index in [2.05, 4.69) is 26.2 Å². The average molecular weight is 463 g/mol. The Balaban J connectivity index is 1.48. The van der Waals surface area contributed by atoms with Crippen LogP contribution in [0.1, 0.15) is 51.6 Å². The molecule has 1 N–H and O–H groups in total. The Hall–Kier alpha value is -1.93. The number of hydrogen-bond donors (Lipinski definition) is 1. The normalized spacial score (nSPS) is 27.2. The van der Waals surface area contributed by atoms with Gasteiger partial charge in [-0.25, -0.2) is 4.68 Å². The van der Waals surface area contributed by atoms with Gasteiger partial charge in [-0.2, -0.15) is 0 Å². The number of aliphatic hydroxyl groups is 1. The summed E-state index contributed by atoms with van der Waals surface area (Å²) in [7, 11) is 1.78. The Morgan fingerprint density at radius 2 is 1.79 bits per heavy atom. The summed E-state index contributed by atoms with van der Waals surface area (Å²) in [5.74, 6) is 0.975. The van der Waals surface area contributed by atoms with Gasteiger partial charge < -0.3 is 14.7 Å². The van der Waals surface area contributed by atoms with E-state index in [4.69, 9.17) is 4.74 Å². The quantitative estimate of drug-likeness (QED) is 0.750. The van der Waals surface area contributed by atoms with Gasteiger partial charge in [0.2, 0.25) is 5.91 Å². The van der Waals surface area contributed by atoms with Crippen LogP contribution < -0.4 is 9.64 Å². The number of rotatable bonds is 4. The first kappa shape index (κ1) is 20.3. The van der Waals surface area contributed by atoms with Gasteiger partial charge in [0.05, 0.1) is 11.5 Å². The molecule has 0 radical (unpaired) electrons. The first-order chi connectivity index (χ1) is 13.7. The lowest BCUT2D eigenvalue weighted by Gasteiger charge is -2.40. The van der Waals surface area contributed by atoms with Crippen molar-refractivity contribution in [2.24, 2.45) is 12.5 Å². The predicted octanol–water partition coefficient (Wildman–Crippen LogP) is 3.55. The molecular formula is C21H27BrN4O3. The van der Waals surface area contributed by atoms with Gasteiger partial charge in [0.15, 0.2) is 4.60 Å². The Morgan fingerprint density at radius 1 is 1.14 bits per heavy atom. The van der Waals surface area contributed by atoms with Crippen molar-refractivity contribution in [1.29, 1.82) is 0 Å². The van der Waals surface area contributed by atoms with E-state index >= 15 is 0 Å². The number of hydrogen-bond acceptors (Lipinski definition) is 5. The fourth-order valence-corrected chi connectivity index (χ4v) is 5.41. The Labute approximate surface area is 179 Å². The molecule has 0 bridgehead atoms. The van der Waals surface area contributed by atoms with Crippen LogP contribution in [0.2, 0.25) is 0 Å². The van der Waals surface area contributed by atoms with Crippen molar-refractivity contribution < 1.29 is 14.6 Å². The van der Waals surface area contributed by atoms with Crippen LogP contribution in [0.5, 0.6) is 5.75 Å². The van der Waals surface area contributed by atoms with Crippen LogP contribution in [-0.4, -0.2) is 38.7 Å². The van der Waals surface area contributed by atoms with Crippen LogP contribution in [0.4, 0.5) is 5.69 Å². The van der Waals surface area contributed by atoms with E-state index in [-0.39, 0.29) is 12.0 Å². The molecule has 0 atom stereocenters. The van der Waals surface area contributed by atoms with Gasteiger partial charge in [0, 0.05) is 19.3 Å². The molecule has 1 spiro atoms. The molecule has 1 aromatic heterocycles. The van der Waals surface area contributed by atoms with Crippen LogP contribution in [-0.2, 0) is 17.4 Å². The van der Waals surface area contributed by atoms with E-state index in [1.807, 2.05) is 43.0 Å². The lowest BCUT2D eigenvalue weighted by Crippen LogP contribution is -2.43. The molecule has 0 unspecified atom stereocenters. The predicted molar refractivity (Wildman–Crippen MR) is 113 cm³/mol. The van der Waals surface area contributed by atoms with Gasteiger partial charge in [-0.1, -0.05) is 5.21 Å². The zero-order valence-electron chi connectivity index (χ0n) is 17.1. The van der Waals surface area contributed by atoms with E-state index < -0.39 is 11.0 Å². The van der Waals surface area contributed by atoms with Crippen molar-refractivity contribution in [3.63, 3.8) is 0 Å². The van der Waals surface area contributed by atoms with Crippen molar-refractivity contribution in [3.05, 3.63) is 34.6 Å². The minimum absolute atomic E-state index is 0.119. The molecule has 29 heavy (non-hydrogen) atoms. The molecule has 1 aliphatic carbocycles. The number of halogens is 1. The van der Waals surface area contributed by atoms with Gasteiger partial charge in [0.25, 0.3) is 0 Å². The minimum atomic E-state index is -1.01. The van der Waals surface area contributed by atoms with Gasteiger partial charge >= 0.3 is 0 Å². The SMILES string of the molecule is CC(C)Oc1ccc(N2CCC3(CCC(O)(c4c(Br)nnn4C)CC3)C2=O)cc1. The largest absolute Gasteiger partial charge is 0.491 e. The van der Waals surface area contributed by atoms with Crippen molar-refractivity contribution in [2.45, 2.75) is 57.7 Å². The number of benzene rings is 1. The molecule has 2 heterocycles. The molecule has 2 aromatic rings. The van der Waals surface area contributed by atoms with Gasteiger partial charge in [-0.15, -0.1) is 5.10 Å².